The normalized spacial score (nSPS) is 13.5. The summed E-state index contributed by atoms with van der Waals surface area (Å²) in [6.07, 6.45) is -0.797. The molecular formula is C23H20Br2FNO3S. The Labute approximate surface area is 198 Å². The van der Waals surface area contributed by atoms with Crippen molar-refractivity contribution in [2.45, 2.75) is 17.5 Å². The quantitative estimate of drug-likeness (QED) is 0.291. The average molecular weight is 569 g/mol. The number of alkyl halides is 1. The van der Waals surface area contributed by atoms with E-state index in [0.29, 0.717) is 17.2 Å². The fourth-order valence-electron chi connectivity index (χ4n) is 3.62. The third kappa shape index (κ3) is 5.03. The lowest BCUT2D eigenvalue weighted by atomic mass is 10.2. The summed E-state index contributed by atoms with van der Waals surface area (Å²) in [6.45, 7) is -0.240. The van der Waals surface area contributed by atoms with Crippen molar-refractivity contribution in [1.29, 1.82) is 0 Å². The number of hydrogen-bond donors (Lipinski definition) is 1. The molecule has 0 radical (unpaired) electrons. The van der Waals surface area contributed by atoms with Gasteiger partial charge >= 0.3 is 0 Å². The van der Waals surface area contributed by atoms with Gasteiger partial charge in [-0.1, -0.05) is 31.9 Å². The van der Waals surface area contributed by atoms with Crippen LogP contribution in [-0.2, 0) is 17.3 Å². The maximum Gasteiger partial charge on any atom is 0.123 e. The second-order valence-corrected chi connectivity index (χ2v) is 10.4. The van der Waals surface area contributed by atoms with E-state index in [1.165, 1.54) is 0 Å². The van der Waals surface area contributed by atoms with Crippen molar-refractivity contribution in [3.05, 3.63) is 69.6 Å². The zero-order chi connectivity index (χ0) is 22.0. The molecule has 0 saturated carbocycles. The number of aliphatic hydroxyl groups is 1. The number of rotatable bonds is 8. The van der Waals surface area contributed by atoms with Gasteiger partial charge in [0, 0.05) is 35.6 Å². The zero-order valence-electron chi connectivity index (χ0n) is 16.4. The van der Waals surface area contributed by atoms with Gasteiger partial charge < -0.3 is 14.4 Å². The fourth-order valence-corrected chi connectivity index (χ4v) is 5.43. The smallest absolute Gasteiger partial charge is 0.123 e. The lowest BCUT2D eigenvalue weighted by molar-refractivity contribution is 0.180. The standard InChI is InChI=1S/C23H20Br2FNO3S/c24-15-1-7-22-20(11-15)21-12-16(25)2-8-23(21)27(22)13-17(28)14-31(29)19-5-3-18(4-6-19)30-10-9-26/h1-8,11-12,17,28H,9-10,13-14H2. The molecule has 2 atom stereocenters. The summed E-state index contributed by atoms with van der Waals surface area (Å²) >= 11 is 7.07. The Morgan fingerprint density at radius 2 is 1.55 bits per heavy atom. The van der Waals surface area contributed by atoms with Gasteiger partial charge in [-0.2, -0.15) is 0 Å². The number of aliphatic hydroxyl groups excluding tert-OH is 1. The molecule has 2 unspecified atom stereocenters. The van der Waals surface area contributed by atoms with Gasteiger partial charge in [-0.05, 0) is 60.7 Å². The first-order valence-corrected chi connectivity index (χ1v) is 12.6. The number of fused-ring (bicyclic) bond motifs is 3. The molecule has 0 spiro atoms. The molecule has 0 aliphatic rings. The van der Waals surface area contributed by atoms with E-state index < -0.39 is 23.6 Å². The highest BCUT2D eigenvalue weighted by molar-refractivity contribution is 9.10. The summed E-state index contributed by atoms with van der Waals surface area (Å²) < 4.78 is 34.2. The van der Waals surface area contributed by atoms with Gasteiger partial charge in [-0.3, -0.25) is 4.21 Å². The first kappa shape index (κ1) is 22.5. The minimum Gasteiger partial charge on any atom is -0.491 e. The molecule has 3 aromatic carbocycles. The molecule has 8 heteroatoms. The minimum absolute atomic E-state index is 0.00687. The molecule has 4 rings (SSSR count). The molecule has 1 aromatic heterocycles. The topological polar surface area (TPSA) is 51.5 Å². The summed E-state index contributed by atoms with van der Waals surface area (Å²) in [6, 6.07) is 18.8. The van der Waals surface area contributed by atoms with Crippen molar-refractivity contribution < 1.29 is 18.4 Å². The van der Waals surface area contributed by atoms with Crippen LogP contribution in [0.3, 0.4) is 0 Å². The summed E-state index contributed by atoms with van der Waals surface area (Å²) in [7, 11) is -1.37. The Kier molecular flexibility index (Phi) is 7.11. The summed E-state index contributed by atoms with van der Waals surface area (Å²) in [5.74, 6) is 0.639. The molecular weight excluding hydrogens is 549 g/mol. The van der Waals surface area contributed by atoms with Crippen LogP contribution in [0, 0.1) is 0 Å². The Balaban J connectivity index is 1.55. The van der Waals surface area contributed by atoms with Gasteiger partial charge in [-0.15, -0.1) is 0 Å². The molecule has 4 aromatic rings. The fraction of sp³-hybridized carbons (Fsp3) is 0.217. The van der Waals surface area contributed by atoms with E-state index in [0.717, 1.165) is 30.8 Å². The second kappa shape index (κ2) is 9.81. The molecule has 0 fully saturated rings. The lowest BCUT2D eigenvalue weighted by Crippen LogP contribution is -2.23. The maximum absolute atomic E-state index is 12.8. The lowest BCUT2D eigenvalue weighted by Gasteiger charge is -2.14. The van der Waals surface area contributed by atoms with E-state index in [2.05, 4.69) is 48.6 Å². The van der Waals surface area contributed by atoms with Crippen molar-refractivity contribution in [2.75, 3.05) is 19.0 Å². The van der Waals surface area contributed by atoms with Gasteiger partial charge in [0.25, 0.3) is 0 Å². The molecule has 0 amide bonds. The van der Waals surface area contributed by atoms with Gasteiger partial charge in [0.05, 0.1) is 29.2 Å². The van der Waals surface area contributed by atoms with Crippen LogP contribution in [0.5, 0.6) is 5.75 Å². The van der Waals surface area contributed by atoms with Crippen molar-refractivity contribution in [3.8, 4) is 5.75 Å². The number of ether oxygens (including phenoxy) is 1. The van der Waals surface area contributed by atoms with Crippen LogP contribution in [0.2, 0.25) is 0 Å². The Morgan fingerprint density at radius 1 is 0.968 bits per heavy atom. The zero-order valence-corrected chi connectivity index (χ0v) is 20.4. The molecule has 0 bridgehead atoms. The van der Waals surface area contributed by atoms with E-state index >= 15 is 0 Å². The van der Waals surface area contributed by atoms with Crippen LogP contribution in [0.15, 0.2) is 74.5 Å². The minimum atomic E-state index is -1.37. The van der Waals surface area contributed by atoms with E-state index in [1.807, 2.05) is 24.3 Å². The highest BCUT2D eigenvalue weighted by Crippen LogP contribution is 2.33. The molecule has 0 saturated heterocycles. The van der Waals surface area contributed by atoms with Gasteiger partial charge in [0.2, 0.25) is 0 Å². The van der Waals surface area contributed by atoms with Crippen LogP contribution in [0.4, 0.5) is 4.39 Å². The maximum atomic E-state index is 12.8. The number of halogens is 3. The first-order valence-electron chi connectivity index (χ1n) is 9.68. The van der Waals surface area contributed by atoms with Crippen LogP contribution < -0.4 is 4.74 Å². The van der Waals surface area contributed by atoms with Crippen LogP contribution >= 0.6 is 31.9 Å². The molecule has 1 heterocycles. The number of benzene rings is 3. The molecule has 31 heavy (non-hydrogen) atoms. The third-order valence-electron chi connectivity index (χ3n) is 4.96. The Hall–Kier alpha value is -1.74. The van der Waals surface area contributed by atoms with E-state index in [-0.39, 0.29) is 12.4 Å². The first-order chi connectivity index (χ1) is 15.0. The van der Waals surface area contributed by atoms with Gasteiger partial charge in [0.1, 0.15) is 19.0 Å². The van der Waals surface area contributed by atoms with Gasteiger partial charge in [0.15, 0.2) is 0 Å². The summed E-state index contributed by atoms with van der Waals surface area (Å²) in [5, 5.41) is 12.9. The van der Waals surface area contributed by atoms with Crippen LogP contribution in [0.25, 0.3) is 21.8 Å². The molecule has 0 aliphatic carbocycles. The Bertz CT molecular complexity index is 1180. The van der Waals surface area contributed by atoms with Crippen molar-refractivity contribution >= 4 is 64.5 Å². The van der Waals surface area contributed by atoms with Gasteiger partial charge in [-0.25, -0.2) is 4.39 Å². The second-order valence-electron chi connectivity index (χ2n) is 7.11. The van der Waals surface area contributed by atoms with Crippen molar-refractivity contribution in [3.63, 3.8) is 0 Å². The SMILES string of the molecule is O=S(CC(O)Cn1c2ccc(Br)cc2c2cc(Br)ccc21)c1ccc(OCCF)cc1. The van der Waals surface area contributed by atoms with Crippen LogP contribution in [-0.4, -0.2) is 39.0 Å². The average Bonchev–Trinajstić information content (AvgIpc) is 3.04. The van der Waals surface area contributed by atoms with Crippen LogP contribution in [0.1, 0.15) is 0 Å². The number of aromatic nitrogens is 1. The highest BCUT2D eigenvalue weighted by Gasteiger charge is 2.17. The number of nitrogens with zero attached hydrogens (tertiary/aromatic N) is 1. The van der Waals surface area contributed by atoms with E-state index in [1.54, 1.807) is 24.3 Å². The largest absolute Gasteiger partial charge is 0.491 e. The third-order valence-corrected chi connectivity index (χ3v) is 7.43. The summed E-state index contributed by atoms with van der Waals surface area (Å²) in [4.78, 5) is 0.599. The predicted octanol–water partition coefficient (Wildman–Crippen LogP) is 5.84. The van der Waals surface area contributed by atoms with Crippen molar-refractivity contribution in [1.82, 2.24) is 4.57 Å². The summed E-state index contributed by atoms with van der Waals surface area (Å²) in [5.41, 5.74) is 2.02. The van der Waals surface area contributed by atoms with E-state index in [4.69, 9.17) is 4.74 Å². The highest BCUT2D eigenvalue weighted by atomic mass is 79.9. The number of hydrogen-bond acceptors (Lipinski definition) is 3. The molecule has 1 N–H and O–H groups in total. The Morgan fingerprint density at radius 3 is 2.10 bits per heavy atom. The van der Waals surface area contributed by atoms with Crippen molar-refractivity contribution in [2.24, 2.45) is 0 Å². The molecule has 4 nitrogen and oxygen atoms in total. The monoisotopic (exact) mass is 567 g/mol. The van der Waals surface area contributed by atoms with E-state index in [9.17, 15) is 13.7 Å². The predicted molar refractivity (Wildman–Crippen MR) is 130 cm³/mol. The molecule has 0 aliphatic heterocycles. The molecule has 162 valence electrons.